The number of carboxylic acid groups (broad SMARTS) is 1. The lowest BCUT2D eigenvalue weighted by molar-refractivity contribution is -0.141. The molecule has 1 fully saturated rings. The van der Waals surface area contributed by atoms with Gasteiger partial charge in [-0.1, -0.05) is 24.6 Å². The first kappa shape index (κ1) is 20.1. The van der Waals surface area contributed by atoms with Crippen LogP contribution < -0.4 is 4.90 Å². The van der Waals surface area contributed by atoms with Gasteiger partial charge in [0.1, 0.15) is 0 Å². The van der Waals surface area contributed by atoms with Gasteiger partial charge in [0, 0.05) is 43.5 Å². The predicted molar refractivity (Wildman–Crippen MR) is 111 cm³/mol. The van der Waals surface area contributed by atoms with Crippen LogP contribution in [0.4, 0.5) is 5.69 Å². The van der Waals surface area contributed by atoms with Gasteiger partial charge in [-0.2, -0.15) is 0 Å². The number of fused-ring (bicyclic) bond motifs is 2. The molecule has 1 saturated carbocycles. The van der Waals surface area contributed by atoms with Gasteiger partial charge >= 0.3 is 5.97 Å². The molecule has 1 aliphatic heterocycles. The van der Waals surface area contributed by atoms with Crippen molar-refractivity contribution in [2.75, 3.05) is 11.9 Å². The monoisotopic (exact) mass is 407 g/mol. The van der Waals surface area contributed by atoms with E-state index in [0.29, 0.717) is 5.56 Å². The summed E-state index contributed by atoms with van der Waals surface area (Å²) in [6.45, 7) is 0. The Hall–Kier alpha value is -3.22. The van der Waals surface area contributed by atoms with Gasteiger partial charge in [-0.3, -0.25) is 19.4 Å². The van der Waals surface area contributed by atoms with Crippen LogP contribution in [0.5, 0.6) is 0 Å². The Bertz CT molecular complexity index is 962. The van der Waals surface area contributed by atoms with Crippen LogP contribution in [0.2, 0.25) is 0 Å². The lowest BCUT2D eigenvalue weighted by atomic mass is 9.81. The van der Waals surface area contributed by atoms with Crippen molar-refractivity contribution >= 4 is 23.5 Å². The molecule has 1 aromatic heterocycles. The number of carbonyl (C=O) groups excluding carboxylic acids is 2. The zero-order valence-electron chi connectivity index (χ0n) is 16.9. The first-order chi connectivity index (χ1) is 14.5. The van der Waals surface area contributed by atoms with Gasteiger partial charge in [-0.25, -0.2) is 0 Å². The molecule has 2 aliphatic rings. The number of nitrogens with zero attached hydrogens (tertiary/aromatic N) is 3. The Labute approximate surface area is 175 Å². The molecule has 0 radical (unpaired) electrons. The Morgan fingerprint density at radius 1 is 1.13 bits per heavy atom. The average Bonchev–Trinajstić information content (AvgIpc) is 3.24. The molecule has 7 heteroatoms. The molecule has 2 amide bonds. The molecule has 7 nitrogen and oxygen atoms in total. The second-order valence-corrected chi connectivity index (χ2v) is 7.98. The quantitative estimate of drug-likeness (QED) is 0.821. The van der Waals surface area contributed by atoms with Gasteiger partial charge in [0.25, 0.3) is 5.91 Å². The fraction of sp³-hybridized carbons (Fsp3) is 0.391. The topological polar surface area (TPSA) is 90.8 Å². The smallest absolute Gasteiger partial charge is 0.303 e. The number of hydrogen-bond donors (Lipinski definition) is 1. The highest BCUT2D eigenvalue weighted by atomic mass is 16.4. The lowest BCUT2D eigenvalue weighted by Crippen LogP contribution is -2.51. The summed E-state index contributed by atoms with van der Waals surface area (Å²) in [5.41, 5.74) is 2.30. The Kier molecular flexibility index (Phi) is 5.53. The zero-order valence-corrected chi connectivity index (χ0v) is 16.9. The van der Waals surface area contributed by atoms with Crippen LogP contribution in [0.25, 0.3) is 0 Å². The number of carboxylic acids is 1. The highest BCUT2D eigenvalue weighted by Gasteiger charge is 2.48. The molecule has 1 N–H and O–H groups in total. The zero-order chi connectivity index (χ0) is 21.3. The van der Waals surface area contributed by atoms with Crippen molar-refractivity contribution in [3.05, 3.63) is 59.9 Å². The number of aromatic nitrogens is 1. The van der Waals surface area contributed by atoms with E-state index < -0.39 is 5.97 Å². The van der Waals surface area contributed by atoms with E-state index in [9.17, 15) is 14.4 Å². The normalized spacial score (nSPS) is 22.2. The van der Waals surface area contributed by atoms with Crippen molar-refractivity contribution < 1.29 is 19.5 Å². The largest absolute Gasteiger partial charge is 0.481 e. The Morgan fingerprint density at radius 3 is 2.67 bits per heavy atom. The summed E-state index contributed by atoms with van der Waals surface area (Å²) in [4.78, 5) is 44.8. The number of aliphatic carboxylic acids is 1. The van der Waals surface area contributed by atoms with Crippen molar-refractivity contribution in [1.82, 2.24) is 9.88 Å². The molecular formula is C23H25N3O4. The van der Waals surface area contributed by atoms with Crippen molar-refractivity contribution in [3.63, 3.8) is 0 Å². The van der Waals surface area contributed by atoms with Crippen molar-refractivity contribution in [3.8, 4) is 0 Å². The highest BCUT2D eigenvalue weighted by Crippen LogP contribution is 2.50. The minimum atomic E-state index is -0.979. The van der Waals surface area contributed by atoms with Crippen molar-refractivity contribution in [2.45, 2.75) is 44.2 Å². The minimum absolute atomic E-state index is 0.00710. The van der Waals surface area contributed by atoms with E-state index in [1.165, 1.54) is 0 Å². The number of carbonyl (C=O) groups is 3. The summed E-state index contributed by atoms with van der Waals surface area (Å²) in [5.74, 6) is -1.13. The minimum Gasteiger partial charge on any atom is -0.481 e. The average molecular weight is 407 g/mol. The number of hydrogen-bond acceptors (Lipinski definition) is 4. The van der Waals surface area contributed by atoms with E-state index in [1.54, 1.807) is 36.5 Å². The predicted octanol–water partition coefficient (Wildman–Crippen LogP) is 3.28. The molecule has 30 heavy (non-hydrogen) atoms. The van der Waals surface area contributed by atoms with Gasteiger partial charge in [-0.15, -0.1) is 0 Å². The van der Waals surface area contributed by atoms with E-state index >= 15 is 0 Å². The summed E-state index contributed by atoms with van der Waals surface area (Å²) in [6, 6.07) is 11.1. The highest BCUT2D eigenvalue weighted by molar-refractivity contribution is 6.07. The maximum atomic E-state index is 13.4. The van der Waals surface area contributed by atoms with Crippen LogP contribution in [0.1, 0.15) is 54.1 Å². The molecule has 3 atom stereocenters. The molecule has 156 valence electrons. The summed E-state index contributed by atoms with van der Waals surface area (Å²) < 4.78 is 0. The molecule has 0 bridgehead atoms. The maximum Gasteiger partial charge on any atom is 0.303 e. The summed E-state index contributed by atoms with van der Waals surface area (Å²) in [7, 11) is 1.75. The molecule has 1 aliphatic carbocycles. The number of benzene rings is 1. The van der Waals surface area contributed by atoms with Gasteiger partial charge in [-0.05, 0) is 36.6 Å². The molecule has 0 spiro atoms. The maximum absolute atomic E-state index is 13.4. The van der Waals surface area contributed by atoms with E-state index in [0.717, 1.165) is 30.5 Å². The fourth-order valence-electron chi connectivity index (χ4n) is 4.95. The summed E-state index contributed by atoms with van der Waals surface area (Å²) >= 11 is 0. The third-order valence-corrected chi connectivity index (χ3v) is 6.27. The molecule has 0 unspecified atom stereocenters. The number of amides is 2. The number of rotatable bonds is 5. The SMILES string of the molecule is CN(C(=O)CCC(=O)O)[C@H]1c2ccccc2N(C(=O)c2cccnc2)[C@@H]2CCC[C@@H]21. The standard InChI is InChI=1S/C23H25N3O4/c1-25(20(27)11-12-21(28)29)22-16-7-2-3-9-18(16)26(19-10-4-8-17(19)22)23(30)15-6-5-13-24-14-15/h2-3,5-7,9,13-14,17,19,22H,4,8,10-12H2,1H3,(H,28,29)/t17-,19+,22-/m0/s1. The van der Waals surface area contributed by atoms with Gasteiger partial charge in [0.2, 0.25) is 5.91 Å². The molecule has 2 heterocycles. The van der Waals surface area contributed by atoms with E-state index in [4.69, 9.17) is 5.11 Å². The molecule has 1 aromatic carbocycles. The molecule has 0 saturated heterocycles. The van der Waals surface area contributed by atoms with Gasteiger partial charge in [0.05, 0.1) is 18.0 Å². The summed E-state index contributed by atoms with van der Waals surface area (Å²) in [5, 5.41) is 8.95. The van der Waals surface area contributed by atoms with Crippen molar-refractivity contribution in [2.24, 2.45) is 5.92 Å². The molecular weight excluding hydrogens is 382 g/mol. The van der Waals surface area contributed by atoms with E-state index in [-0.39, 0.29) is 42.7 Å². The summed E-state index contributed by atoms with van der Waals surface area (Å²) in [6.07, 6.45) is 5.79. The van der Waals surface area contributed by atoms with Crippen LogP contribution in [-0.4, -0.2) is 45.9 Å². The third-order valence-electron chi connectivity index (χ3n) is 6.27. The van der Waals surface area contributed by atoms with Gasteiger partial charge in [0.15, 0.2) is 0 Å². The Balaban J connectivity index is 1.73. The van der Waals surface area contributed by atoms with Crippen LogP contribution in [0.15, 0.2) is 48.8 Å². The first-order valence-corrected chi connectivity index (χ1v) is 10.3. The number of anilines is 1. The second-order valence-electron chi connectivity index (χ2n) is 7.98. The van der Waals surface area contributed by atoms with Crippen LogP contribution in [-0.2, 0) is 9.59 Å². The van der Waals surface area contributed by atoms with Gasteiger partial charge < -0.3 is 14.9 Å². The lowest BCUT2D eigenvalue weighted by Gasteiger charge is -2.46. The number of pyridine rings is 1. The van der Waals surface area contributed by atoms with E-state index in [2.05, 4.69) is 4.98 Å². The number of para-hydroxylation sites is 1. The second kappa shape index (κ2) is 8.26. The van der Waals surface area contributed by atoms with Crippen molar-refractivity contribution in [1.29, 1.82) is 0 Å². The molecule has 2 aromatic rings. The van der Waals surface area contributed by atoms with Crippen LogP contribution >= 0.6 is 0 Å². The van der Waals surface area contributed by atoms with Crippen LogP contribution in [0, 0.1) is 5.92 Å². The fourth-order valence-corrected chi connectivity index (χ4v) is 4.95. The van der Waals surface area contributed by atoms with Crippen LogP contribution in [0.3, 0.4) is 0 Å². The first-order valence-electron chi connectivity index (χ1n) is 10.3. The van der Waals surface area contributed by atoms with E-state index in [1.807, 2.05) is 29.2 Å². The third kappa shape index (κ3) is 3.56. The molecule has 4 rings (SSSR count). The Morgan fingerprint density at radius 2 is 1.93 bits per heavy atom.